The van der Waals surface area contributed by atoms with Gasteiger partial charge in [0.05, 0.1) is 7.11 Å². The quantitative estimate of drug-likeness (QED) is 0.791. The lowest BCUT2D eigenvalue weighted by Gasteiger charge is -2.07. The molecule has 0 radical (unpaired) electrons. The van der Waals surface area contributed by atoms with Gasteiger partial charge in [0.25, 0.3) is 0 Å². The molecule has 1 aromatic carbocycles. The first-order valence-electron chi connectivity index (χ1n) is 6.41. The van der Waals surface area contributed by atoms with Crippen LogP contribution in [0.3, 0.4) is 0 Å². The number of hydrogen-bond acceptors (Lipinski definition) is 4. The molecule has 0 fully saturated rings. The Morgan fingerprint density at radius 1 is 1.05 bits per heavy atom. The fourth-order valence-corrected chi connectivity index (χ4v) is 2.20. The van der Waals surface area contributed by atoms with Crippen LogP contribution in [0.5, 0.6) is 5.88 Å². The minimum atomic E-state index is 0.552. The summed E-state index contributed by atoms with van der Waals surface area (Å²) in [5.74, 6) is 0.570. The number of nitrogens with zero attached hydrogens (tertiary/aromatic N) is 2. The molecule has 2 aromatic heterocycles. The van der Waals surface area contributed by atoms with Gasteiger partial charge in [-0.05, 0) is 28.8 Å². The molecular formula is C16H15N3O. The van der Waals surface area contributed by atoms with Gasteiger partial charge in [0.1, 0.15) is 0 Å². The molecule has 0 aliphatic rings. The summed E-state index contributed by atoms with van der Waals surface area (Å²) in [6.45, 7) is 0.552. The van der Waals surface area contributed by atoms with Crippen molar-refractivity contribution in [2.45, 2.75) is 6.54 Å². The Bertz CT molecular complexity index is 738. The van der Waals surface area contributed by atoms with E-state index in [1.54, 1.807) is 13.3 Å². The summed E-state index contributed by atoms with van der Waals surface area (Å²) >= 11 is 0. The van der Waals surface area contributed by atoms with Crippen molar-refractivity contribution in [2.75, 3.05) is 7.11 Å². The van der Waals surface area contributed by atoms with Gasteiger partial charge in [-0.3, -0.25) is 0 Å². The third-order valence-corrected chi connectivity index (χ3v) is 3.29. The summed E-state index contributed by atoms with van der Waals surface area (Å²) in [5, 5.41) is 1.01. The Balaban J connectivity index is 2.14. The highest BCUT2D eigenvalue weighted by Gasteiger charge is 2.06. The van der Waals surface area contributed by atoms with Gasteiger partial charge >= 0.3 is 0 Å². The molecule has 4 nitrogen and oxygen atoms in total. The predicted octanol–water partition coefficient (Wildman–Crippen LogP) is 2.76. The molecule has 20 heavy (non-hydrogen) atoms. The topological polar surface area (TPSA) is 61.0 Å². The Morgan fingerprint density at radius 3 is 2.55 bits per heavy atom. The Kier molecular flexibility index (Phi) is 3.31. The molecule has 0 spiro atoms. The first kappa shape index (κ1) is 12.6. The van der Waals surface area contributed by atoms with Crippen molar-refractivity contribution in [3.05, 3.63) is 54.2 Å². The van der Waals surface area contributed by atoms with Crippen LogP contribution in [0.4, 0.5) is 0 Å². The number of rotatable bonds is 3. The van der Waals surface area contributed by atoms with Crippen LogP contribution in [0.1, 0.15) is 5.56 Å². The van der Waals surface area contributed by atoms with Crippen LogP contribution in [-0.4, -0.2) is 17.1 Å². The fraction of sp³-hybridized carbons (Fsp3) is 0.125. The molecule has 3 aromatic rings. The van der Waals surface area contributed by atoms with E-state index in [0.29, 0.717) is 18.1 Å². The van der Waals surface area contributed by atoms with Gasteiger partial charge in [0.15, 0.2) is 5.65 Å². The Labute approximate surface area is 117 Å². The van der Waals surface area contributed by atoms with E-state index in [1.165, 1.54) is 0 Å². The highest BCUT2D eigenvalue weighted by molar-refractivity contribution is 5.92. The number of ether oxygens (including phenoxy) is 1. The normalized spacial score (nSPS) is 10.7. The molecule has 4 heteroatoms. The molecule has 0 aliphatic heterocycles. The fourth-order valence-electron chi connectivity index (χ4n) is 2.20. The summed E-state index contributed by atoms with van der Waals surface area (Å²) in [5.41, 5.74) is 9.66. The van der Waals surface area contributed by atoms with E-state index in [4.69, 9.17) is 10.5 Å². The second-order valence-electron chi connectivity index (χ2n) is 4.48. The summed E-state index contributed by atoms with van der Waals surface area (Å²) in [6, 6.07) is 14.1. The van der Waals surface area contributed by atoms with Crippen molar-refractivity contribution in [1.82, 2.24) is 9.97 Å². The maximum absolute atomic E-state index is 5.63. The molecule has 0 bridgehead atoms. The van der Waals surface area contributed by atoms with Crippen LogP contribution >= 0.6 is 0 Å². The maximum Gasteiger partial charge on any atom is 0.215 e. The van der Waals surface area contributed by atoms with Crippen LogP contribution in [0.25, 0.3) is 22.2 Å². The summed E-state index contributed by atoms with van der Waals surface area (Å²) < 4.78 is 5.13. The molecule has 3 rings (SSSR count). The minimum Gasteiger partial charge on any atom is -0.481 e. The summed E-state index contributed by atoms with van der Waals surface area (Å²) in [6.07, 6.45) is 1.76. The molecule has 100 valence electrons. The molecular weight excluding hydrogens is 250 g/mol. The summed E-state index contributed by atoms with van der Waals surface area (Å²) in [4.78, 5) is 8.66. The van der Waals surface area contributed by atoms with Gasteiger partial charge in [-0.1, -0.05) is 24.3 Å². The first-order chi connectivity index (χ1) is 9.81. The van der Waals surface area contributed by atoms with Crippen molar-refractivity contribution in [3.63, 3.8) is 0 Å². The van der Waals surface area contributed by atoms with Crippen molar-refractivity contribution >= 4 is 11.0 Å². The molecule has 0 saturated heterocycles. The van der Waals surface area contributed by atoms with Crippen molar-refractivity contribution in [3.8, 4) is 17.0 Å². The molecule has 2 N–H and O–H groups in total. The van der Waals surface area contributed by atoms with E-state index in [9.17, 15) is 0 Å². The smallest absolute Gasteiger partial charge is 0.215 e. The highest BCUT2D eigenvalue weighted by Crippen LogP contribution is 2.28. The van der Waals surface area contributed by atoms with Gasteiger partial charge in [-0.15, -0.1) is 0 Å². The molecule has 0 aliphatic carbocycles. The summed E-state index contributed by atoms with van der Waals surface area (Å²) in [7, 11) is 1.60. The zero-order valence-corrected chi connectivity index (χ0v) is 11.2. The molecule has 0 amide bonds. The molecule has 0 saturated carbocycles. The number of benzene rings is 1. The van der Waals surface area contributed by atoms with Crippen LogP contribution in [0.2, 0.25) is 0 Å². The Hall–Kier alpha value is -2.46. The lowest BCUT2D eigenvalue weighted by Crippen LogP contribution is -1.95. The number of nitrogens with two attached hydrogens (primary N) is 1. The Morgan fingerprint density at radius 2 is 1.85 bits per heavy atom. The zero-order valence-electron chi connectivity index (χ0n) is 11.2. The standard InChI is InChI=1S/C16H15N3O/c1-20-15-7-6-14-13(8-9-18-16(14)19-15)12-4-2-11(10-17)3-5-12/h2-9H,10,17H2,1H3. The second kappa shape index (κ2) is 5.27. The average molecular weight is 265 g/mol. The van der Waals surface area contributed by atoms with Gasteiger partial charge in [-0.25, -0.2) is 4.98 Å². The second-order valence-corrected chi connectivity index (χ2v) is 4.48. The molecule has 0 unspecified atom stereocenters. The van der Waals surface area contributed by atoms with E-state index in [1.807, 2.05) is 30.3 Å². The van der Waals surface area contributed by atoms with Gasteiger partial charge in [0, 0.05) is 24.2 Å². The van der Waals surface area contributed by atoms with Crippen LogP contribution < -0.4 is 10.5 Å². The van der Waals surface area contributed by atoms with E-state index in [-0.39, 0.29) is 0 Å². The van der Waals surface area contributed by atoms with Gasteiger partial charge in [0.2, 0.25) is 5.88 Å². The third kappa shape index (κ3) is 2.21. The molecule has 2 heterocycles. The number of fused-ring (bicyclic) bond motifs is 1. The predicted molar refractivity (Wildman–Crippen MR) is 79.4 cm³/mol. The van der Waals surface area contributed by atoms with Crippen molar-refractivity contribution < 1.29 is 4.74 Å². The van der Waals surface area contributed by atoms with Crippen molar-refractivity contribution in [2.24, 2.45) is 5.73 Å². The minimum absolute atomic E-state index is 0.552. The lowest BCUT2D eigenvalue weighted by atomic mass is 10.0. The van der Waals surface area contributed by atoms with E-state index in [0.717, 1.165) is 22.1 Å². The third-order valence-electron chi connectivity index (χ3n) is 3.29. The first-order valence-corrected chi connectivity index (χ1v) is 6.41. The van der Waals surface area contributed by atoms with Crippen molar-refractivity contribution in [1.29, 1.82) is 0 Å². The monoisotopic (exact) mass is 265 g/mol. The molecule has 0 atom stereocenters. The van der Waals surface area contributed by atoms with E-state index >= 15 is 0 Å². The van der Waals surface area contributed by atoms with Gasteiger partial charge < -0.3 is 10.5 Å². The highest BCUT2D eigenvalue weighted by atomic mass is 16.5. The van der Waals surface area contributed by atoms with E-state index < -0.39 is 0 Å². The lowest BCUT2D eigenvalue weighted by molar-refractivity contribution is 0.399. The number of pyridine rings is 2. The number of methoxy groups -OCH3 is 1. The maximum atomic E-state index is 5.63. The zero-order chi connectivity index (χ0) is 13.9. The SMILES string of the molecule is COc1ccc2c(-c3ccc(CN)cc3)ccnc2n1. The van der Waals surface area contributed by atoms with Gasteiger partial charge in [-0.2, -0.15) is 4.98 Å². The van der Waals surface area contributed by atoms with Crippen LogP contribution in [-0.2, 0) is 6.54 Å². The largest absolute Gasteiger partial charge is 0.481 e. The average Bonchev–Trinajstić information content (AvgIpc) is 2.54. The number of hydrogen-bond donors (Lipinski definition) is 1. The van der Waals surface area contributed by atoms with E-state index in [2.05, 4.69) is 22.1 Å². The van der Waals surface area contributed by atoms with Crippen LogP contribution in [0.15, 0.2) is 48.7 Å². The number of aromatic nitrogens is 2. The van der Waals surface area contributed by atoms with Crippen LogP contribution in [0, 0.1) is 0 Å².